The number of esters is 1. The lowest BCUT2D eigenvalue weighted by atomic mass is 10.0. The molecule has 0 saturated carbocycles. The number of anilines is 1. The maximum atomic E-state index is 13.0. The van der Waals surface area contributed by atoms with Crippen molar-refractivity contribution in [2.24, 2.45) is 0 Å². The van der Waals surface area contributed by atoms with Crippen LogP contribution in [0.3, 0.4) is 0 Å². The van der Waals surface area contributed by atoms with E-state index in [1.54, 1.807) is 30.3 Å². The first-order chi connectivity index (χ1) is 18.6. The quantitative estimate of drug-likeness (QED) is 0.140. The third kappa shape index (κ3) is 5.70. The van der Waals surface area contributed by atoms with Gasteiger partial charge in [0.25, 0.3) is 5.56 Å². The number of rotatable bonds is 8. The molecule has 0 fully saturated rings. The molecule has 2 aromatic carbocycles. The number of nitrogen functional groups attached to an aromatic ring is 1. The first-order valence-electron chi connectivity index (χ1n) is 11.3. The molecular formula is C24H20N5O9P. The highest BCUT2D eigenvalue weighted by molar-refractivity contribution is 7.46. The van der Waals surface area contributed by atoms with Crippen molar-refractivity contribution < 1.29 is 37.9 Å². The second kappa shape index (κ2) is 10.4. The molecule has 2 unspecified atom stereocenters. The van der Waals surface area contributed by atoms with Crippen LogP contribution >= 0.6 is 7.82 Å². The Kier molecular flexibility index (Phi) is 6.95. The van der Waals surface area contributed by atoms with Crippen molar-refractivity contribution in [2.45, 2.75) is 12.3 Å². The van der Waals surface area contributed by atoms with Crippen LogP contribution < -0.4 is 11.3 Å². The standard InChI is InChI=1S/C24H20N5O9P/c25-24-27-20-18(21(31)28-24)26-12-29(20)22-17(10-16(37-22)11-36-39(33,34)35)38-23(32)15-8-6-14(7-9-15)19(30)13-4-2-1-3-5-13/h1-10,12,16,22H,11H2,(H2,33,34,35)(H3,25,27,28,31). The number of carbonyl (C=O) groups is 2. The number of nitrogens with zero attached hydrogens (tertiary/aromatic N) is 3. The lowest BCUT2D eigenvalue weighted by Crippen LogP contribution is -2.20. The van der Waals surface area contributed by atoms with E-state index in [0.717, 1.165) is 0 Å². The van der Waals surface area contributed by atoms with Crippen molar-refractivity contribution in [1.29, 1.82) is 0 Å². The number of benzene rings is 2. The summed E-state index contributed by atoms with van der Waals surface area (Å²) in [5.41, 5.74) is 5.98. The number of hydrogen-bond donors (Lipinski definition) is 4. The summed E-state index contributed by atoms with van der Waals surface area (Å²) >= 11 is 0. The molecule has 2 atom stereocenters. The lowest BCUT2D eigenvalue weighted by molar-refractivity contribution is -0.0272. The number of ether oxygens (including phenoxy) is 2. The number of ketones is 1. The molecule has 0 spiro atoms. The van der Waals surface area contributed by atoms with E-state index in [9.17, 15) is 18.9 Å². The molecule has 200 valence electrons. The maximum absolute atomic E-state index is 13.0. The van der Waals surface area contributed by atoms with E-state index in [1.807, 2.05) is 0 Å². The van der Waals surface area contributed by atoms with Crippen LogP contribution in [0.1, 0.15) is 32.5 Å². The molecule has 2 aromatic heterocycles. The highest BCUT2D eigenvalue weighted by atomic mass is 31.2. The van der Waals surface area contributed by atoms with E-state index in [2.05, 4.69) is 19.5 Å². The van der Waals surface area contributed by atoms with Crippen molar-refractivity contribution in [3.8, 4) is 0 Å². The molecule has 1 aliphatic heterocycles. The van der Waals surface area contributed by atoms with Gasteiger partial charge in [-0.3, -0.25) is 23.7 Å². The highest BCUT2D eigenvalue weighted by Crippen LogP contribution is 2.38. The summed E-state index contributed by atoms with van der Waals surface area (Å²) in [5, 5.41) is 0. The Bertz CT molecular complexity index is 1690. The number of aromatic nitrogens is 4. The molecule has 3 heterocycles. The van der Waals surface area contributed by atoms with Crippen molar-refractivity contribution in [3.05, 3.63) is 99.8 Å². The molecule has 0 aliphatic carbocycles. The molecule has 1 aliphatic rings. The van der Waals surface area contributed by atoms with Gasteiger partial charge in [0.15, 0.2) is 28.9 Å². The second-order valence-corrected chi connectivity index (χ2v) is 9.56. The molecular weight excluding hydrogens is 533 g/mol. The predicted octanol–water partition coefficient (Wildman–Crippen LogP) is 1.68. The number of H-pyrrole nitrogens is 1. The minimum absolute atomic E-state index is 0.0172. The fourth-order valence-electron chi connectivity index (χ4n) is 3.88. The highest BCUT2D eigenvalue weighted by Gasteiger charge is 2.35. The van der Waals surface area contributed by atoms with Gasteiger partial charge >= 0.3 is 13.8 Å². The van der Waals surface area contributed by atoms with Crippen LogP contribution in [-0.2, 0) is 18.6 Å². The number of carbonyl (C=O) groups excluding carboxylic acids is 2. The summed E-state index contributed by atoms with van der Waals surface area (Å²) in [7, 11) is -4.82. The van der Waals surface area contributed by atoms with Gasteiger partial charge in [0.1, 0.15) is 6.10 Å². The van der Waals surface area contributed by atoms with Gasteiger partial charge in [0, 0.05) is 11.1 Å². The Labute approximate surface area is 218 Å². The SMILES string of the molecule is Nc1nc2c(ncn2C2OC(COP(=O)(O)O)C=C2OC(=O)c2ccc(C(=O)c3ccccc3)cc2)c(=O)[nH]1. The minimum Gasteiger partial charge on any atom is -0.423 e. The van der Waals surface area contributed by atoms with E-state index in [4.69, 9.17) is 25.0 Å². The zero-order chi connectivity index (χ0) is 27.7. The molecule has 14 nitrogen and oxygen atoms in total. The number of phosphoric acid groups is 1. The molecule has 39 heavy (non-hydrogen) atoms. The van der Waals surface area contributed by atoms with E-state index >= 15 is 0 Å². The second-order valence-electron chi connectivity index (χ2n) is 8.32. The van der Waals surface area contributed by atoms with Gasteiger partial charge in [0.2, 0.25) is 5.95 Å². The summed E-state index contributed by atoms with van der Waals surface area (Å²) in [4.78, 5) is 66.3. The number of phosphoric ester groups is 1. The number of imidazole rings is 1. The summed E-state index contributed by atoms with van der Waals surface area (Å²) in [6.45, 7) is -0.569. The molecule has 4 aromatic rings. The molecule has 5 rings (SSSR count). The van der Waals surface area contributed by atoms with E-state index in [1.165, 1.54) is 41.2 Å². The zero-order valence-electron chi connectivity index (χ0n) is 19.8. The van der Waals surface area contributed by atoms with Crippen LogP contribution in [0.5, 0.6) is 0 Å². The Hall–Kier alpha value is -4.46. The van der Waals surface area contributed by atoms with Gasteiger partial charge in [-0.1, -0.05) is 42.5 Å². The topological polar surface area (TPSA) is 209 Å². The van der Waals surface area contributed by atoms with Crippen molar-refractivity contribution in [3.63, 3.8) is 0 Å². The Morgan fingerprint density at radius 1 is 1.08 bits per heavy atom. The third-order valence-electron chi connectivity index (χ3n) is 5.64. The minimum atomic E-state index is -4.82. The zero-order valence-corrected chi connectivity index (χ0v) is 20.7. The first-order valence-corrected chi connectivity index (χ1v) is 12.8. The van der Waals surface area contributed by atoms with Gasteiger partial charge in [-0.15, -0.1) is 0 Å². The van der Waals surface area contributed by atoms with Gasteiger partial charge < -0.3 is 25.0 Å². The van der Waals surface area contributed by atoms with Crippen LogP contribution in [0.2, 0.25) is 0 Å². The molecule has 0 radical (unpaired) electrons. The fourth-order valence-corrected chi connectivity index (χ4v) is 4.22. The van der Waals surface area contributed by atoms with Crippen LogP contribution in [0, 0.1) is 0 Å². The Balaban J connectivity index is 1.40. The molecule has 15 heteroatoms. The largest absolute Gasteiger partial charge is 0.469 e. The monoisotopic (exact) mass is 553 g/mol. The van der Waals surface area contributed by atoms with Gasteiger partial charge in [0.05, 0.1) is 18.5 Å². The summed E-state index contributed by atoms with van der Waals surface area (Å²) in [6.07, 6.45) is 0.257. The van der Waals surface area contributed by atoms with Crippen molar-refractivity contribution in [1.82, 2.24) is 19.5 Å². The van der Waals surface area contributed by atoms with Gasteiger partial charge in [-0.2, -0.15) is 4.98 Å². The first kappa shape index (κ1) is 26.2. The fraction of sp³-hybridized carbons (Fsp3) is 0.125. The number of aromatic amines is 1. The van der Waals surface area contributed by atoms with Crippen LogP contribution in [0.15, 0.2) is 77.6 Å². The predicted molar refractivity (Wildman–Crippen MR) is 134 cm³/mol. The summed E-state index contributed by atoms with van der Waals surface area (Å²) in [5.74, 6) is -1.30. The smallest absolute Gasteiger partial charge is 0.423 e. The lowest BCUT2D eigenvalue weighted by Gasteiger charge is -2.18. The number of nitrogens with two attached hydrogens (primary N) is 1. The summed E-state index contributed by atoms with van der Waals surface area (Å²) < 4.78 is 28.3. The molecule has 5 N–H and O–H groups in total. The Morgan fingerprint density at radius 3 is 2.44 bits per heavy atom. The number of nitrogens with one attached hydrogen (secondary N) is 1. The van der Waals surface area contributed by atoms with Crippen LogP contribution in [0.25, 0.3) is 11.2 Å². The van der Waals surface area contributed by atoms with Crippen molar-refractivity contribution in [2.75, 3.05) is 12.3 Å². The molecule has 0 saturated heterocycles. The average molecular weight is 553 g/mol. The number of fused-ring (bicyclic) bond motifs is 1. The molecule has 0 bridgehead atoms. The number of hydrogen-bond acceptors (Lipinski definition) is 10. The van der Waals surface area contributed by atoms with E-state index < -0.39 is 38.3 Å². The average Bonchev–Trinajstić information content (AvgIpc) is 3.51. The van der Waals surface area contributed by atoms with Gasteiger partial charge in [-0.05, 0) is 18.2 Å². The van der Waals surface area contributed by atoms with Crippen molar-refractivity contribution >= 4 is 36.7 Å². The van der Waals surface area contributed by atoms with Crippen LogP contribution in [0.4, 0.5) is 5.95 Å². The molecule has 0 amide bonds. The normalized spacial score (nSPS) is 17.2. The van der Waals surface area contributed by atoms with E-state index in [0.29, 0.717) is 11.1 Å². The van der Waals surface area contributed by atoms with E-state index in [-0.39, 0.29) is 34.2 Å². The van der Waals surface area contributed by atoms with Crippen LogP contribution in [-0.4, -0.2) is 53.8 Å². The summed E-state index contributed by atoms with van der Waals surface area (Å²) in [6, 6.07) is 14.5. The Morgan fingerprint density at radius 2 is 1.74 bits per heavy atom. The third-order valence-corrected chi connectivity index (χ3v) is 6.12. The van der Waals surface area contributed by atoms with Gasteiger partial charge in [-0.25, -0.2) is 14.3 Å². The maximum Gasteiger partial charge on any atom is 0.469 e.